The predicted octanol–water partition coefficient (Wildman–Crippen LogP) is 3.23. The van der Waals surface area contributed by atoms with Crippen LogP contribution in [0.2, 0.25) is 0 Å². The first kappa shape index (κ1) is 16.0. The van der Waals surface area contributed by atoms with E-state index in [0.717, 1.165) is 30.2 Å². The van der Waals surface area contributed by atoms with Gasteiger partial charge >= 0.3 is 0 Å². The summed E-state index contributed by atoms with van der Waals surface area (Å²) in [6.07, 6.45) is 0. The number of rotatable bonds is 5. The molecule has 1 saturated heterocycles. The van der Waals surface area contributed by atoms with Crippen LogP contribution in [0.25, 0.3) is 0 Å². The molecule has 0 aromatic carbocycles. The van der Waals surface area contributed by atoms with Crippen LogP contribution in [0.1, 0.15) is 48.5 Å². The van der Waals surface area contributed by atoms with Gasteiger partial charge in [0.15, 0.2) is 0 Å². The van der Waals surface area contributed by atoms with Crippen molar-refractivity contribution in [3.8, 4) is 0 Å². The Morgan fingerprint density at radius 1 is 1.06 bits per heavy atom. The summed E-state index contributed by atoms with van der Waals surface area (Å²) in [4.78, 5) is 2.75. The quantitative estimate of drug-likeness (QED) is 0.810. The molecule has 1 aliphatic rings. The van der Waals surface area contributed by atoms with Gasteiger partial charge in [0, 0.05) is 31.7 Å². The topological polar surface area (TPSA) is 15.3 Å². The lowest BCUT2D eigenvalue weighted by molar-refractivity contribution is 0.0643. The monoisotopic (exact) mass is 254 g/mol. The van der Waals surface area contributed by atoms with Gasteiger partial charge < -0.3 is 5.32 Å². The minimum Gasteiger partial charge on any atom is -0.311 e. The summed E-state index contributed by atoms with van der Waals surface area (Å²) in [7, 11) is 0. The molecule has 0 radical (unpaired) electrons. The zero-order chi connectivity index (χ0) is 13.9. The highest BCUT2D eigenvalue weighted by atomic mass is 15.2. The fourth-order valence-electron chi connectivity index (χ4n) is 3.33. The normalized spacial score (nSPS) is 26.8. The molecule has 1 fully saturated rings. The summed E-state index contributed by atoms with van der Waals surface area (Å²) >= 11 is 0. The van der Waals surface area contributed by atoms with Crippen LogP contribution in [0, 0.1) is 23.7 Å². The van der Waals surface area contributed by atoms with Crippen LogP contribution in [0.5, 0.6) is 0 Å². The third-order valence-corrected chi connectivity index (χ3v) is 4.58. The number of piperazine rings is 1. The van der Waals surface area contributed by atoms with E-state index < -0.39 is 0 Å². The van der Waals surface area contributed by atoms with Crippen molar-refractivity contribution in [3.63, 3.8) is 0 Å². The second kappa shape index (κ2) is 6.91. The zero-order valence-electron chi connectivity index (χ0n) is 13.5. The van der Waals surface area contributed by atoms with Gasteiger partial charge in [-0.15, -0.1) is 0 Å². The van der Waals surface area contributed by atoms with Crippen molar-refractivity contribution in [2.24, 2.45) is 23.7 Å². The molecule has 1 N–H and O–H groups in total. The molecule has 0 aromatic heterocycles. The molecule has 0 aliphatic carbocycles. The average Bonchev–Trinajstić information content (AvgIpc) is 2.24. The average molecular weight is 254 g/mol. The Morgan fingerprint density at radius 2 is 1.61 bits per heavy atom. The maximum Gasteiger partial charge on any atom is 0.0244 e. The van der Waals surface area contributed by atoms with E-state index in [4.69, 9.17) is 0 Å². The molecule has 0 saturated carbocycles. The first-order valence-electron chi connectivity index (χ1n) is 7.80. The second-order valence-electron chi connectivity index (χ2n) is 7.23. The Kier molecular flexibility index (Phi) is 6.13. The van der Waals surface area contributed by atoms with Crippen molar-refractivity contribution in [3.05, 3.63) is 0 Å². The van der Waals surface area contributed by atoms with Gasteiger partial charge in [-0.25, -0.2) is 0 Å². The molecule has 2 unspecified atom stereocenters. The van der Waals surface area contributed by atoms with E-state index >= 15 is 0 Å². The summed E-state index contributed by atoms with van der Waals surface area (Å²) < 4.78 is 0. The molecular formula is C16H34N2. The lowest BCUT2D eigenvalue weighted by Crippen LogP contribution is -2.58. The standard InChI is InChI=1S/C16H34N2/c1-11(2)15(12(3)4)10-18-9-14(7)17-8-16(18)13(5)6/h11-17H,8-10H2,1-7H3. The van der Waals surface area contributed by atoms with E-state index in [1.807, 2.05) is 0 Å². The summed E-state index contributed by atoms with van der Waals surface area (Å²) in [5.74, 6) is 3.12. The molecule has 1 rings (SSSR count). The lowest BCUT2D eigenvalue weighted by Gasteiger charge is -2.44. The first-order valence-corrected chi connectivity index (χ1v) is 7.80. The minimum absolute atomic E-state index is 0.639. The van der Waals surface area contributed by atoms with Gasteiger partial charge in [-0.2, -0.15) is 0 Å². The zero-order valence-corrected chi connectivity index (χ0v) is 13.5. The third kappa shape index (κ3) is 4.24. The van der Waals surface area contributed by atoms with E-state index in [1.54, 1.807) is 0 Å². The maximum atomic E-state index is 3.63. The SMILES string of the molecule is CC1CN(CC(C(C)C)C(C)C)C(C(C)C)CN1. The second-order valence-corrected chi connectivity index (χ2v) is 7.23. The van der Waals surface area contributed by atoms with Crippen LogP contribution >= 0.6 is 0 Å². The van der Waals surface area contributed by atoms with Crippen LogP contribution in [0.3, 0.4) is 0 Å². The highest BCUT2D eigenvalue weighted by Crippen LogP contribution is 2.25. The third-order valence-electron chi connectivity index (χ3n) is 4.58. The number of hydrogen-bond donors (Lipinski definition) is 1. The molecule has 2 heteroatoms. The van der Waals surface area contributed by atoms with E-state index in [-0.39, 0.29) is 0 Å². The van der Waals surface area contributed by atoms with Gasteiger partial charge in [0.05, 0.1) is 0 Å². The van der Waals surface area contributed by atoms with E-state index in [2.05, 4.69) is 58.7 Å². The Morgan fingerprint density at radius 3 is 2.06 bits per heavy atom. The van der Waals surface area contributed by atoms with Crippen molar-refractivity contribution in [2.75, 3.05) is 19.6 Å². The largest absolute Gasteiger partial charge is 0.311 e. The van der Waals surface area contributed by atoms with Gasteiger partial charge in [-0.3, -0.25) is 4.90 Å². The van der Waals surface area contributed by atoms with Crippen molar-refractivity contribution in [1.82, 2.24) is 10.2 Å². The van der Waals surface area contributed by atoms with Gasteiger partial charge in [0.25, 0.3) is 0 Å². The summed E-state index contributed by atoms with van der Waals surface area (Å²) in [5.41, 5.74) is 0. The van der Waals surface area contributed by atoms with Crippen molar-refractivity contribution >= 4 is 0 Å². The number of nitrogens with zero attached hydrogens (tertiary/aromatic N) is 1. The highest BCUT2D eigenvalue weighted by Gasteiger charge is 2.31. The van der Waals surface area contributed by atoms with Crippen molar-refractivity contribution < 1.29 is 0 Å². The lowest BCUT2D eigenvalue weighted by atomic mass is 9.84. The first-order chi connectivity index (χ1) is 8.32. The fraction of sp³-hybridized carbons (Fsp3) is 1.00. The van der Waals surface area contributed by atoms with Crippen LogP contribution in [0.4, 0.5) is 0 Å². The molecule has 0 bridgehead atoms. The summed E-state index contributed by atoms with van der Waals surface area (Å²) in [6, 6.07) is 1.35. The van der Waals surface area contributed by atoms with Gasteiger partial charge in [0.2, 0.25) is 0 Å². The van der Waals surface area contributed by atoms with Crippen LogP contribution in [-0.4, -0.2) is 36.6 Å². The van der Waals surface area contributed by atoms with E-state index in [1.165, 1.54) is 13.1 Å². The smallest absolute Gasteiger partial charge is 0.0244 e. The Balaban J connectivity index is 2.70. The van der Waals surface area contributed by atoms with E-state index in [0.29, 0.717) is 12.1 Å². The predicted molar refractivity (Wildman–Crippen MR) is 80.8 cm³/mol. The molecule has 2 nitrogen and oxygen atoms in total. The summed E-state index contributed by atoms with van der Waals surface area (Å²) in [6.45, 7) is 20.2. The molecule has 0 spiro atoms. The molecule has 2 atom stereocenters. The van der Waals surface area contributed by atoms with Gasteiger partial charge in [-0.1, -0.05) is 41.5 Å². The summed E-state index contributed by atoms with van der Waals surface area (Å²) in [5, 5.41) is 3.63. The van der Waals surface area contributed by atoms with Crippen LogP contribution < -0.4 is 5.32 Å². The van der Waals surface area contributed by atoms with Crippen LogP contribution in [-0.2, 0) is 0 Å². The molecule has 1 aliphatic heterocycles. The van der Waals surface area contributed by atoms with Gasteiger partial charge in [0.1, 0.15) is 0 Å². The fourth-order valence-corrected chi connectivity index (χ4v) is 3.33. The van der Waals surface area contributed by atoms with Crippen LogP contribution in [0.15, 0.2) is 0 Å². The molecule has 1 heterocycles. The number of nitrogens with one attached hydrogen (secondary N) is 1. The highest BCUT2D eigenvalue weighted by molar-refractivity contribution is 4.87. The minimum atomic E-state index is 0.639. The van der Waals surface area contributed by atoms with Crippen molar-refractivity contribution in [1.29, 1.82) is 0 Å². The maximum absolute atomic E-state index is 3.63. The number of hydrogen-bond acceptors (Lipinski definition) is 2. The van der Waals surface area contributed by atoms with Gasteiger partial charge in [-0.05, 0) is 30.6 Å². The Bertz CT molecular complexity index is 219. The Labute approximate surface area is 115 Å². The molecule has 0 amide bonds. The van der Waals surface area contributed by atoms with Crippen molar-refractivity contribution in [2.45, 2.75) is 60.5 Å². The molecular weight excluding hydrogens is 220 g/mol. The molecule has 18 heavy (non-hydrogen) atoms. The molecule has 0 aromatic rings. The Hall–Kier alpha value is -0.0800. The molecule has 108 valence electrons. The van der Waals surface area contributed by atoms with E-state index in [9.17, 15) is 0 Å².